The third-order valence-electron chi connectivity index (χ3n) is 6.58. The van der Waals surface area contributed by atoms with Crippen molar-refractivity contribution in [2.75, 3.05) is 40.0 Å². The average molecular weight is 370 g/mol. The number of hydrogen-bond acceptors (Lipinski definition) is 4. The molecular weight excluding hydrogens is 326 g/mol. The first kappa shape index (κ1) is 22.1. The SMILES string of the molecule is CCCN(CCOC)CCC1COC2(CCC(C(C)(C)CCC)CC2)O1. The van der Waals surface area contributed by atoms with Crippen molar-refractivity contribution in [2.24, 2.45) is 11.3 Å². The Morgan fingerprint density at radius 3 is 2.42 bits per heavy atom. The molecule has 4 nitrogen and oxygen atoms in total. The van der Waals surface area contributed by atoms with E-state index < -0.39 is 0 Å². The molecule has 1 aliphatic carbocycles. The van der Waals surface area contributed by atoms with E-state index in [1.807, 2.05) is 0 Å². The second kappa shape index (κ2) is 10.4. The van der Waals surface area contributed by atoms with Gasteiger partial charge in [0.25, 0.3) is 0 Å². The lowest BCUT2D eigenvalue weighted by atomic mass is 9.68. The topological polar surface area (TPSA) is 30.9 Å². The van der Waals surface area contributed by atoms with Crippen LogP contribution in [0.5, 0.6) is 0 Å². The van der Waals surface area contributed by atoms with Gasteiger partial charge in [-0.15, -0.1) is 0 Å². The maximum Gasteiger partial charge on any atom is 0.168 e. The first-order chi connectivity index (χ1) is 12.4. The van der Waals surface area contributed by atoms with Crippen LogP contribution in [0.2, 0.25) is 0 Å². The predicted octanol–water partition coefficient (Wildman–Crippen LogP) is 4.86. The number of rotatable bonds is 11. The van der Waals surface area contributed by atoms with Gasteiger partial charge in [-0.2, -0.15) is 0 Å². The van der Waals surface area contributed by atoms with E-state index in [2.05, 4.69) is 32.6 Å². The van der Waals surface area contributed by atoms with Crippen molar-refractivity contribution < 1.29 is 14.2 Å². The van der Waals surface area contributed by atoms with Crippen LogP contribution in [-0.2, 0) is 14.2 Å². The summed E-state index contributed by atoms with van der Waals surface area (Å²) in [5, 5.41) is 0. The lowest BCUT2D eigenvalue weighted by Gasteiger charge is -2.42. The summed E-state index contributed by atoms with van der Waals surface area (Å²) in [6.45, 7) is 14.2. The molecular formula is C22H43NO3. The van der Waals surface area contributed by atoms with Crippen LogP contribution in [0.25, 0.3) is 0 Å². The molecule has 0 aromatic rings. The quantitative estimate of drug-likeness (QED) is 0.520. The smallest absolute Gasteiger partial charge is 0.168 e. The first-order valence-electron chi connectivity index (χ1n) is 11.0. The van der Waals surface area contributed by atoms with Gasteiger partial charge >= 0.3 is 0 Å². The molecule has 0 N–H and O–H groups in total. The van der Waals surface area contributed by atoms with Crippen LogP contribution in [0.4, 0.5) is 0 Å². The van der Waals surface area contributed by atoms with Gasteiger partial charge in [-0.05, 0) is 50.0 Å². The molecule has 0 aromatic carbocycles. The lowest BCUT2D eigenvalue weighted by Crippen LogP contribution is -2.39. The molecule has 2 aliphatic rings. The molecule has 2 rings (SSSR count). The maximum atomic E-state index is 6.46. The van der Waals surface area contributed by atoms with Gasteiger partial charge in [-0.1, -0.05) is 34.1 Å². The Bertz CT molecular complexity index is 391. The van der Waals surface area contributed by atoms with Crippen LogP contribution >= 0.6 is 0 Å². The molecule has 0 aromatic heterocycles. The molecule has 0 amide bonds. The Hall–Kier alpha value is -0.160. The van der Waals surface area contributed by atoms with Gasteiger partial charge in [-0.3, -0.25) is 0 Å². The van der Waals surface area contributed by atoms with Crippen molar-refractivity contribution in [1.29, 1.82) is 0 Å². The minimum absolute atomic E-state index is 0.261. The van der Waals surface area contributed by atoms with Crippen LogP contribution in [-0.4, -0.2) is 56.7 Å². The summed E-state index contributed by atoms with van der Waals surface area (Å²) in [7, 11) is 1.78. The molecule has 26 heavy (non-hydrogen) atoms. The number of nitrogens with zero attached hydrogens (tertiary/aromatic N) is 1. The fourth-order valence-electron chi connectivity index (χ4n) is 4.91. The molecule has 1 atom stereocenters. The van der Waals surface area contributed by atoms with Gasteiger partial charge in [0.1, 0.15) is 0 Å². The van der Waals surface area contributed by atoms with E-state index in [1.165, 1.54) is 32.1 Å². The zero-order chi connectivity index (χ0) is 19.0. The van der Waals surface area contributed by atoms with Crippen molar-refractivity contribution in [3.8, 4) is 0 Å². The number of ether oxygens (including phenoxy) is 3. The summed E-state index contributed by atoms with van der Waals surface area (Å²) >= 11 is 0. The summed E-state index contributed by atoms with van der Waals surface area (Å²) < 4.78 is 17.9. The molecule has 1 heterocycles. The van der Waals surface area contributed by atoms with Crippen molar-refractivity contribution in [2.45, 2.75) is 91.0 Å². The van der Waals surface area contributed by atoms with Gasteiger partial charge in [0.05, 0.1) is 19.3 Å². The third-order valence-corrected chi connectivity index (χ3v) is 6.58. The molecule has 4 heteroatoms. The van der Waals surface area contributed by atoms with Crippen molar-refractivity contribution in [3.05, 3.63) is 0 Å². The standard InChI is InChI=1S/C22H43NO3/c1-6-11-21(3,4)19-8-12-22(13-9-19)25-18-20(26-22)10-15-23(14-7-2)16-17-24-5/h19-20H,6-18H2,1-5H3. The van der Waals surface area contributed by atoms with E-state index in [0.717, 1.165) is 58.0 Å². The highest BCUT2D eigenvalue weighted by Gasteiger charge is 2.46. The molecule has 2 fully saturated rings. The molecule has 1 saturated carbocycles. The monoisotopic (exact) mass is 369 g/mol. The number of hydrogen-bond donors (Lipinski definition) is 0. The van der Waals surface area contributed by atoms with Gasteiger partial charge in [0, 0.05) is 33.0 Å². The van der Waals surface area contributed by atoms with Crippen molar-refractivity contribution in [3.63, 3.8) is 0 Å². The Labute approximate surface area is 161 Å². The minimum Gasteiger partial charge on any atom is -0.383 e. The molecule has 0 radical (unpaired) electrons. The summed E-state index contributed by atoms with van der Waals surface area (Å²) in [6, 6.07) is 0. The van der Waals surface area contributed by atoms with Crippen LogP contribution in [0.1, 0.15) is 79.1 Å². The maximum absolute atomic E-state index is 6.46. The second-order valence-electron chi connectivity index (χ2n) is 9.10. The fraction of sp³-hybridized carbons (Fsp3) is 1.00. The van der Waals surface area contributed by atoms with Crippen molar-refractivity contribution >= 4 is 0 Å². The van der Waals surface area contributed by atoms with E-state index in [-0.39, 0.29) is 11.9 Å². The van der Waals surface area contributed by atoms with Crippen molar-refractivity contribution in [1.82, 2.24) is 4.90 Å². The molecule has 0 bridgehead atoms. The normalized spacial score (nSPS) is 29.8. The van der Waals surface area contributed by atoms with E-state index in [9.17, 15) is 0 Å². The highest BCUT2D eigenvalue weighted by molar-refractivity contribution is 4.90. The Kier molecular flexibility index (Phi) is 8.85. The second-order valence-corrected chi connectivity index (χ2v) is 9.10. The summed E-state index contributed by atoms with van der Waals surface area (Å²) in [5.74, 6) is 0.541. The Morgan fingerprint density at radius 2 is 1.81 bits per heavy atom. The van der Waals surface area contributed by atoms with Gasteiger partial charge in [0.15, 0.2) is 5.79 Å². The van der Waals surface area contributed by atoms with E-state index in [4.69, 9.17) is 14.2 Å². The largest absolute Gasteiger partial charge is 0.383 e. The summed E-state index contributed by atoms with van der Waals surface area (Å²) in [6.07, 6.45) is 9.75. The molecule has 1 saturated heterocycles. The molecule has 1 unspecified atom stereocenters. The first-order valence-corrected chi connectivity index (χ1v) is 11.0. The minimum atomic E-state index is -0.272. The van der Waals surface area contributed by atoms with Crippen LogP contribution in [0, 0.1) is 11.3 Å². The lowest BCUT2D eigenvalue weighted by molar-refractivity contribution is -0.197. The van der Waals surface area contributed by atoms with E-state index >= 15 is 0 Å². The average Bonchev–Trinajstić information content (AvgIpc) is 3.00. The highest BCUT2D eigenvalue weighted by Crippen LogP contribution is 2.47. The highest BCUT2D eigenvalue weighted by atomic mass is 16.7. The van der Waals surface area contributed by atoms with Crippen LogP contribution < -0.4 is 0 Å². The van der Waals surface area contributed by atoms with E-state index in [1.54, 1.807) is 7.11 Å². The zero-order valence-electron chi connectivity index (χ0n) is 18.0. The van der Waals surface area contributed by atoms with Gasteiger partial charge in [0.2, 0.25) is 0 Å². The summed E-state index contributed by atoms with van der Waals surface area (Å²) in [4.78, 5) is 2.49. The molecule has 154 valence electrons. The van der Waals surface area contributed by atoms with Crippen LogP contribution in [0.15, 0.2) is 0 Å². The third kappa shape index (κ3) is 6.19. The zero-order valence-corrected chi connectivity index (χ0v) is 18.0. The summed E-state index contributed by atoms with van der Waals surface area (Å²) in [5.41, 5.74) is 0.455. The Balaban J connectivity index is 1.76. The van der Waals surface area contributed by atoms with Gasteiger partial charge < -0.3 is 19.1 Å². The Morgan fingerprint density at radius 1 is 1.08 bits per heavy atom. The van der Waals surface area contributed by atoms with Crippen LogP contribution in [0.3, 0.4) is 0 Å². The fourth-order valence-corrected chi connectivity index (χ4v) is 4.91. The molecule has 1 spiro atoms. The molecule has 1 aliphatic heterocycles. The predicted molar refractivity (Wildman–Crippen MR) is 107 cm³/mol. The van der Waals surface area contributed by atoms with E-state index in [0.29, 0.717) is 5.41 Å². The number of methoxy groups -OCH3 is 1. The van der Waals surface area contributed by atoms with Gasteiger partial charge in [-0.25, -0.2) is 0 Å².